The van der Waals surface area contributed by atoms with Gasteiger partial charge in [-0.15, -0.1) is 0 Å². The molecule has 100 valence electrons. The number of rotatable bonds is 5. The van der Waals surface area contributed by atoms with Crippen molar-refractivity contribution >= 4 is 0 Å². The van der Waals surface area contributed by atoms with Crippen LogP contribution in [-0.2, 0) is 11.2 Å². The predicted octanol–water partition coefficient (Wildman–Crippen LogP) is 2.90. The second-order valence-electron chi connectivity index (χ2n) is 5.28. The largest absolute Gasteiger partial charge is 0.375 e. The Labute approximate surface area is 108 Å². The molecular formula is C15H22FNO. The zero-order valence-electron chi connectivity index (χ0n) is 10.9. The molecule has 0 saturated carbocycles. The Balaban J connectivity index is 1.91. The molecule has 1 heterocycles. The minimum Gasteiger partial charge on any atom is -0.375 e. The third kappa shape index (κ3) is 3.53. The molecule has 0 amide bonds. The zero-order chi connectivity index (χ0) is 13.0. The summed E-state index contributed by atoms with van der Waals surface area (Å²) in [5, 5.41) is 0. The van der Waals surface area contributed by atoms with E-state index in [-0.39, 0.29) is 5.82 Å². The summed E-state index contributed by atoms with van der Waals surface area (Å²) >= 11 is 0. The van der Waals surface area contributed by atoms with Gasteiger partial charge in [0.15, 0.2) is 0 Å². The highest BCUT2D eigenvalue weighted by atomic mass is 19.1. The summed E-state index contributed by atoms with van der Waals surface area (Å²) in [6, 6.07) is 6.95. The number of nitrogens with two attached hydrogens (primary N) is 1. The molecule has 18 heavy (non-hydrogen) atoms. The van der Waals surface area contributed by atoms with Crippen molar-refractivity contribution in [3.63, 3.8) is 0 Å². The van der Waals surface area contributed by atoms with Crippen LogP contribution < -0.4 is 5.73 Å². The van der Waals surface area contributed by atoms with Crippen LogP contribution in [0.4, 0.5) is 4.39 Å². The highest BCUT2D eigenvalue weighted by molar-refractivity contribution is 5.17. The Hall–Kier alpha value is -0.930. The van der Waals surface area contributed by atoms with E-state index in [9.17, 15) is 4.39 Å². The Bertz CT molecular complexity index is 383. The van der Waals surface area contributed by atoms with Crippen LogP contribution in [0.1, 0.15) is 31.7 Å². The van der Waals surface area contributed by atoms with Gasteiger partial charge >= 0.3 is 0 Å². The number of hydrogen-bond donors (Lipinski definition) is 1. The fraction of sp³-hybridized carbons (Fsp3) is 0.600. The average Bonchev–Trinajstić information content (AvgIpc) is 2.76. The van der Waals surface area contributed by atoms with Crippen molar-refractivity contribution in [3.05, 3.63) is 35.6 Å². The molecule has 2 rings (SSSR count). The Kier molecular flexibility index (Phi) is 4.72. The van der Waals surface area contributed by atoms with Crippen molar-refractivity contribution in [1.29, 1.82) is 0 Å². The first kappa shape index (κ1) is 13.5. The van der Waals surface area contributed by atoms with E-state index in [0.29, 0.717) is 31.1 Å². The van der Waals surface area contributed by atoms with E-state index in [4.69, 9.17) is 10.5 Å². The first-order chi connectivity index (χ1) is 8.69. The van der Waals surface area contributed by atoms with Gasteiger partial charge in [-0.1, -0.05) is 18.2 Å². The van der Waals surface area contributed by atoms with E-state index in [1.165, 1.54) is 6.07 Å². The maximum absolute atomic E-state index is 13.6. The van der Waals surface area contributed by atoms with Crippen molar-refractivity contribution in [2.24, 2.45) is 11.7 Å². The fourth-order valence-corrected chi connectivity index (χ4v) is 2.67. The van der Waals surface area contributed by atoms with E-state index in [1.807, 2.05) is 12.1 Å². The summed E-state index contributed by atoms with van der Waals surface area (Å²) in [5.74, 6) is 0.175. The zero-order valence-corrected chi connectivity index (χ0v) is 10.9. The van der Waals surface area contributed by atoms with Crippen LogP contribution in [0, 0.1) is 11.7 Å². The average molecular weight is 251 g/mol. The van der Waals surface area contributed by atoms with Crippen molar-refractivity contribution in [2.75, 3.05) is 6.54 Å². The third-order valence-corrected chi connectivity index (χ3v) is 3.72. The molecule has 1 aliphatic heterocycles. The highest BCUT2D eigenvalue weighted by Gasteiger charge is 2.24. The topological polar surface area (TPSA) is 35.2 Å². The van der Waals surface area contributed by atoms with Crippen LogP contribution in [0.2, 0.25) is 0 Å². The van der Waals surface area contributed by atoms with Gasteiger partial charge in [0.05, 0.1) is 12.2 Å². The summed E-state index contributed by atoms with van der Waals surface area (Å²) in [4.78, 5) is 0. The van der Waals surface area contributed by atoms with Crippen molar-refractivity contribution in [1.82, 2.24) is 0 Å². The van der Waals surface area contributed by atoms with Crippen LogP contribution in [0.15, 0.2) is 24.3 Å². The van der Waals surface area contributed by atoms with Crippen molar-refractivity contribution in [2.45, 2.75) is 44.8 Å². The summed E-state index contributed by atoms with van der Waals surface area (Å²) in [6.45, 7) is 2.69. The third-order valence-electron chi connectivity index (χ3n) is 3.72. The molecule has 1 saturated heterocycles. The Morgan fingerprint density at radius 2 is 2.17 bits per heavy atom. The van der Waals surface area contributed by atoms with Crippen LogP contribution in [-0.4, -0.2) is 18.8 Å². The molecule has 0 aromatic heterocycles. The predicted molar refractivity (Wildman–Crippen MR) is 70.8 cm³/mol. The van der Waals surface area contributed by atoms with Gasteiger partial charge < -0.3 is 10.5 Å². The van der Waals surface area contributed by atoms with Crippen LogP contribution >= 0.6 is 0 Å². The second-order valence-corrected chi connectivity index (χ2v) is 5.28. The molecule has 0 bridgehead atoms. The van der Waals surface area contributed by atoms with Gasteiger partial charge in [0.2, 0.25) is 0 Å². The standard InChI is InChI=1S/C15H22FNO/c1-11-6-7-14(18-11)9-12(10-17)8-13-4-2-3-5-15(13)16/h2-5,11-12,14H,6-10,17H2,1H3. The lowest BCUT2D eigenvalue weighted by atomic mass is 9.92. The lowest BCUT2D eigenvalue weighted by molar-refractivity contribution is 0.0414. The monoisotopic (exact) mass is 251 g/mol. The molecule has 0 spiro atoms. The highest BCUT2D eigenvalue weighted by Crippen LogP contribution is 2.26. The summed E-state index contributed by atoms with van der Waals surface area (Å²) in [5.41, 5.74) is 6.57. The Morgan fingerprint density at radius 3 is 2.78 bits per heavy atom. The summed E-state index contributed by atoms with van der Waals surface area (Å²) in [7, 11) is 0. The van der Waals surface area contributed by atoms with Gasteiger partial charge in [-0.3, -0.25) is 0 Å². The minimum atomic E-state index is -0.128. The van der Waals surface area contributed by atoms with E-state index in [1.54, 1.807) is 6.07 Å². The SMILES string of the molecule is CC1CCC(CC(CN)Cc2ccccc2F)O1. The van der Waals surface area contributed by atoms with Gasteiger partial charge in [-0.05, 0) is 56.7 Å². The number of benzene rings is 1. The number of ether oxygens (including phenoxy) is 1. The first-order valence-electron chi connectivity index (χ1n) is 6.78. The lowest BCUT2D eigenvalue weighted by Gasteiger charge is -2.19. The summed E-state index contributed by atoms with van der Waals surface area (Å²) < 4.78 is 19.4. The van der Waals surface area contributed by atoms with Gasteiger partial charge in [0.25, 0.3) is 0 Å². The molecule has 3 atom stereocenters. The van der Waals surface area contributed by atoms with Crippen LogP contribution in [0.25, 0.3) is 0 Å². The molecule has 2 N–H and O–H groups in total. The lowest BCUT2D eigenvalue weighted by Crippen LogP contribution is -2.23. The van der Waals surface area contributed by atoms with E-state index in [2.05, 4.69) is 6.92 Å². The van der Waals surface area contributed by atoms with Crippen molar-refractivity contribution < 1.29 is 9.13 Å². The molecule has 3 heteroatoms. The minimum absolute atomic E-state index is 0.128. The molecule has 0 aliphatic carbocycles. The van der Waals surface area contributed by atoms with Gasteiger partial charge in [-0.2, -0.15) is 0 Å². The van der Waals surface area contributed by atoms with E-state index < -0.39 is 0 Å². The maximum Gasteiger partial charge on any atom is 0.126 e. The Morgan fingerprint density at radius 1 is 1.39 bits per heavy atom. The number of hydrogen-bond acceptors (Lipinski definition) is 2. The molecule has 1 fully saturated rings. The van der Waals surface area contributed by atoms with Crippen molar-refractivity contribution in [3.8, 4) is 0 Å². The smallest absolute Gasteiger partial charge is 0.126 e. The van der Waals surface area contributed by atoms with Crippen LogP contribution in [0.5, 0.6) is 0 Å². The fourth-order valence-electron chi connectivity index (χ4n) is 2.67. The molecule has 1 aliphatic rings. The van der Waals surface area contributed by atoms with E-state index >= 15 is 0 Å². The first-order valence-corrected chi connectivity index (χ1v) is 6.78. The quantitative estimate of drug-likeness (QED) is 0.873. The second kappa shape index (κ2) is 6.30. The number of halogens is 1. The maximum atomic E-state index is 13.6. The van der Waals surface area contributed by atoms with E-state index in [0.717, 1.165) is 24.8 Å². The van der Waals surface area contributed by atoms with Crippen LogP contribution in [0.3, 0.4) is 0 Å². The van der Waals surface area contributed by atoms with Gasteiger partial charge in [-0.25, -0.2) is 4.39 Å². The molecular weight excluding hydrogens is 229 g/mol. The molecule has 1 aromatic carbocycles. The molecule has 3 unspecified atom stereocenters. The molecule has 0 radical (unpaired) electrons. The normalized spacial score (nSPS) is 25.3. The summed E-state index contributed by atoms with van der Waals surface area (Å²) in [6.07, 6.45) is 4.55. The molecule has 1 aromatic rings. The van der Waals surface area contributed by atoms with Gasteiger partial charge in [0.1, 0.15) is 5.82 Å². The molecule has 2 nitrogen and oxygen atoms in total. The van der Waals surface area contributed by atoms with Gasteiger partial charge in [0, 0.05) is 0 Å².